The molecular formula is C31H48N2O6. The minimum atomic E-state index is -0.286. The highest BCUT2D eigenvalue weighted by molar-refractivity contribution is 5.96. The summed E-state index contributed by atoms with van der Waals surface area (Å²) >= 11 is 0. The van der Waals surface area contributed by atoms with Gasteiger partial charge in [-0.3, -0.25) is 9.59 Å². The van der Waals surface area contributed by atoms with Gasteiger partial charge in [0.25, 0.3) is 0 Å². The fraction of sp³-hybridized carbons (Fsp3) is 0.806. The molecule has 0 aromatic rings. The van der Waals surface area contributed by atoms with Crippen LogP contribution in [0.1, 0.15) is 99.3 Å². The number of hydrogen-bond acceptors (Lipinski definition) is 8. The van der Waals surface area contributed by atoms with Crippen molar-refractivity contribution in [2.45, 2.75) is 105 Å². The topological polar surface area (TPSA) is 118 Å². The van der Waals surface area contributed by atoms with Gasteiger partial charge in [0.1, 0.15) is 6.10 Å². The first-order valence-electron chi connectivity index (χ1n) is 14.9. The van der Waals surface area contributed by atoms with Gasteiger partial charge in [0.15, 0.2) is 0 Å². The Hall–Kier alpha value is -2.38. The molecule has 0 radical (unpaired) electrons. The lowest BCUT2D eigenvalue weighted by Crippen LogP contribution is -2.51. The van der Waals surface area contributed by atoms with E-state index in [-0.39, 0.29) is 46.6 Å². The predicted octanol–water partition coefficient (Wildman–Crippen LogP) is 6.38. The molecule has 3 fully saturated rings. The first-order chi connectivity index (χ1) is 18.4. The molecule has 9 unspecified atom stereocenters. The van der Waals surface area contributed by atoms with Gasteiger partial charge in [-0.05, 0) is 85.9 Å². The van der Waals surface area contributed by atoms with Gasteiger partial charge in [-0.2, -0.15) is 0 Å². The second-order valence-electron chi connectivity index (χ2n) is 13.4. The average molecular weight is 545 g/mol. The first kappa shape index (κ1) is 29.6. The smallest absolute Gasteiger partial charge is 0.302 e. The summed E-state index contributed by atoms with van der Waals surface area (Å²) in [6.07, 6.45) is 10.5. The molecule has 0 aliphatic heterocycles. The summed E-state index contributed by atoms with van der Waals surface area (Å²) < 4.78 is 10.7. The molecule has 0 amide bonds. The van der Waals surface area contributed by atoms with Gasteiger partial charge >= 0.3 is 11.9 Å². The van der Waals surface area contributed by atoms with Crippen LogP contribution in [0.25, 0.3) is 0 Å². The number of carbonyl (C=O) groups excluding carboxylic acids is 2. The Balaban J connectivity index is 1.52. The van der Waals surface area contributed by atoms with Crippen LogP contribution in [0.4, 0.5) is 0 Å². The van der Waals surface area contributed by atoms with E-state index in [1.807, 2.05) is 6.92 Å². The van der Waals surface area contributed by atoms with Crippen molar-refractivity contribution in [3.05, 3.63) is 11.6 Å². The standard InChI is InChI=1S/C31H48N2O6/c1-18(17-38-20(3)34)7-10-27(32-36)19(2)29-28(33-37)16-26-24-9-8-22-15-23(39-21(4)35)11-13-30(22,5)25(24)12-14-31(26,29)6/h8,18-19,23-26,29,36-37H,7,9-17H2,1-6H3/b32-27-,33-28+. The highest BCUT2D eigenvalue weighted by atomic mass is 16.5. The Labute approximate surface area is 233 Å². The molecule has 0 saturated heterocycles. The van der Waals surface area contributed by atoms with E-state index < -0.39 is 0 Å². The summed E-state index contributed by atoms with van der Waals surface area (Å²) in [5.74, 6) is 1.11. The van der Waals surface area contributed by atoms with Gasteiger partial charge in [-0.15, -0.1) is 0 Å². The maximum absolute atomic E-state index is 11.6. The minimum Gasteiger partial charge on any atom is -0.466 e. The number of oxime groups is 2. The highest BCUT2D eigenvalue weighted by Crippen LogP contribution is 2.66. The van der Waals surface area contributed by atoms with Crippen molar-refractivity contribution in [2.75, 3.05) is 6.61 Å². The molecule has 4 rings (SSSR count). The zero-order valence-corrected chi connectivity index (χ0v) is 24.6. The van der Waals surface area contributed by atoms with Crippen LogP contribution in [0.2, 0.25) is 0 Å². The van der Waals surface area contributed by atoms with Gasteiger partial charge in [-0.1, -0.05) is 49.7 Å². The Morgan fingerprint density at radius 3 is 2.46 bits per heavy atom. The molecule has 2 N–H and O–H groups in total. The molecule has 218 valence electrons. The maximum atomic E-state index is 11.6. The molecule has 3 saturated carbocycles. The summed E-state index contributed by atoms with van der Waals surface area (Å²) in [6.45, 7) is 12.2. The van der Waals surface area contributed by atoms with Crippen molar-refractivity contribution in [1.82, 2.24) is 0 Å². The fourth-order valence-corrected chi connectivity index (χ4v) is 9.08. The van der Waals surface area contributed by atoms with E-state index in [4.69, 9.17) is 9.47 Å². The highest BCUT2D eigenvalue weighted by Gasteiger charge is 2.61. The van der Waals surface area contributed by atoms with Crippen molar-refractivity contribution >= 4 is 23.4 Å². The Bertz CT molecular complexity index is 1040. The molecular weight excluding hydrogens is 496 g/mol. The minimum absolute atomic E-state index is 0.00926. The lowest BCUT2D eigenvalue weighted by molar-refractivity contribution is -0.148. The Kier molecular flexibility index (Phi) is 8.82. The number of ether oxygens (including phenoxy) is 2. The van der Waals surface area contributed by atoms with Gasteiger partial charge in [0, 0.05) is 32.1 Å². The maximum Gasteiger partial charge on any atom is 0.302 e. The number of fused-ring (bicyclic) bond motifs is 5. The zero-order chi connectivity index (χ0) is 28.5. The van der Waals surface area contributed by atoms with Crippen LogP contribution in [0.15, 0.2) is 22.0 Å². The third kappa shape index (κ3) is 5.62. The molecule has 8 heteroatoms. The molecule has 4 aliphatic rings. The molecule has 39 heavy (non-hydrogen) atoms. The number of allylic oxidation sites excluding steroid dienone is 1. The summed E-state index contributed by atoms with van der Waals surface area (Å²) in [5, 5.41) is 27.8. The van der Waals surface area contributed by atoms with E-state index in [1.165, 1.54) is 19.4 Å². The van der Waals surface area contributed by atoms with E-state index in [1.54, 1.807) is 0 Å². The van der Waals surface area contributed by atoms with Gasteiger partial charge < -0.3 is 19.9 Å². The molecule has 9 atom stereocenters. The van der Waals surface area contributed by atoms with E-state index in [0.717, 1.165) is 62.8 Å². The number of rotatable bonds is 8. The van der Waals surface area contributed by atoms with Gasteiger partial charge in [0.2, 0.25) is 0 Å². The average Bonchev–Trinajstić information content (AvgIpc) is 3.20. The van der Waals surface area contributed by atoms with Crippen molar-refractivity contribution in [3.63, 3.8) is 0 Å². The van der Waals surface area contributed by atoms with E-state index in [2.05, 4.69) is 37.2 Å². The Morgan fingerprint density at radius 1 is 1.08 bits per heavy atom. The largest absolute Gasteiger partial charge is 0.466 e. The molecule has 0 bridgehead atoms. The lowest BCUT2D eigenvalue weighted by Gasteiger charge is -2.58. The van der Waals surface area contributed by atoms with Crippen LogP contribution >= 0.6 is 0 Å². The fourth-order valence-electron chi connectivity index (χ4n) is 9.08. The monoisotopic (exact) mass is 544 g/mol. The quantitative estimate of drug-likeness (QED) is 0.120. The van der Waals surface area contributed by atoms with Crippen molar-refractivity contribution < 1.29 is 29.5 Å². The number of nitrogens with zero attached hydrogens (tertiary/aromatic N) is 2. The van der Waals surface area contributed by atoms with E-state index in [9.17, 15) is 20.0 Å². The lowest BCUT2D eigenvalue weighted by atomic mass is 9.47. The third-order valence-corrected chi connectivity index (χ3v) is 11.1. The molecule has 0 aromatic carbocycles. The molecule has 8 nitrogen and oxygen atoms in total. The second-order valence-corrected chi connectivity index (χ2v) is 13.4. The molecule has 0 spiro atoms. The number of hydrogen-bond donors (Lipinski definition) is 2. The first-order valence-corrected chi connectivity index (χ1v) is 14.9. The predicted molar refractivity (Wildman–Crippen MR) is 149 cm³/mol. The molecule has 4 aliphatic carbocycles. The summed E-state index contributed by atoms with van der Waals surface area (Å²) in [5.41, 5.74) is 3.10. The normalized spacial score (nSPS) is 38.6. The summed E-state index contributed by atoms with van der Waals surface area (Å²) in [7, 11) is 0. The second kappa shape index (κ2) is 11.6. The van der Waals surface area contributed by atoms with Crippen molar-refractivity contribution in [2.24, 2.45) is 56.6 Å². The van der Waals surface area contributed by atoms with E-state index >= 15 is 0 Å². The summed E-state index contributed by atoms with van der Waals surface area (Å²) in [4.78, 5) is 22.7. The van der Waals surface area contributed by atoms with Crippen LogP contribution in [0.5, 0.6) is 0 Å². The summed E-state index contributed by atoms with van der Waals surface area (Å²) in [6, 6.07) is 0. The van der Waals surface area contributed by atoms with E-state index in [0.29, 0.717) is 30.8 Å². The van der Waals surface area contributed by atoms with Gasteiger partial charge in [0.05, 0.1) is 18.0 Å². The van der Waals surface area contributed by atoms with Crippen LogP contribution in [0, 0.1) is 46.3 Å². The van der Waals surface area contributed by atoms with Crippen LogP contribution in [-0.2, 0) is 19.1 Å². The third-order valence-electron chi connectivity index (χ3n) is 11.1. The number of carbonyl (C=O) groups is 2. The van der Waals surface area contributed by atoms with Crippen LogP contribution in [-0.4, -0.2) is 46.5 Å². The van der Waals surface area contributed by atoms with Crippen molar-refractivity contribution in [3.8, 4) is 0 Å². The number of esters is 2. The van der Waals surface area contributed by atoms with Gasteiger partial charge in [-0.25, -0.2) is 0 Å². The molecule has 0 aromatic heterocycles. The SMILES string of the molecule is CC(=O)OCC(C)CC/C(=N/O)C(C)C1/C(=N/O)CC2C3CC=C4CC(OC(C)=O)CCC4(C)C3CCC21C. The van der Waals surface area contributed by atoms with Crippen LogP contribution < -0.4 is 0 Å². The zero-order valence-electron chi connectivity index (χ0n) is 24.6. The molecule has 0 heterocycles. The van der Waals surface area contributed by atoms with Crippen molar-refractivity contribution in [1.29, 1.82) is 0 Å². The van der Waals surface area contributed by atoms with Crippen LogP contribution in [0.3, 0.4) is 0 Å². The Morgan fingerprint density at radius 2 is 1.82 bits per heavy atom.